The van der Waals surface area contributed by atoms with Crippen molar-refractivity contribution in [2.45, 2.75) is 19.1 Å². The Labute approximate surface area is 151 Å². The number of benzene rings is 1. The van der Waals surface area contributed by atoms with Gasteiger partial charge in [-0.3, -0.25) is 20.1 Å². The molecule has 0 fully saturated rings. The molecule has 0 saturated carbocycles. The van der Waals surface area contributed by atoms with Gasteiger partial charge in [0, 0.05) is 43.4 Å². The molecule has 0 aliphatic rings. The van der Waals surface area contributed by atoms with Crippen molar-refractivity contribution < 1.29 is 9.18 Å². The second-order valence-electron chi connectivity index (χ2n) is 5.77. The van der Waals surface area contributed by atoms with E-state index in [4.69, 9.17) is 0 Å². The molecule has 2 N–H and O–H groups in total. The number of amides is 1. The molecule has 3 rings (SSSR count). The lowest BCUT2D eigenvalue weighted by atomic mass is 10.0. The molecule has 3 aromatic rings. The van der Waals surface area contributed by atoms with E-state index in [2.05, 4.69) is 20.6 Å². The van der Waals surface area contributed by atoms with Crippen LogP contribution >= 0.6 is 0 Å². The summed E-state index contributed by atoms with van der Waals surface area (Å²) in [6.45, 7) is 0.746. The third kappa shape index (κ3) is 4.70. The van der Waals surface area contributed by atoms with Crippen molar-refractivity contribution in [3.8, 4) is 0 Å². The molecule has 132 valence electrons. The first-order chi connectivity index (χ1) is 12.7. The quantitative estimate of drug-likeness (QED) is 0.688. The van der Waals surface area contributed by atoms with Gasteiger partial charge in [-0.25, -0.2) is 4.39 Å². The molecule has 6 heteroatoms. The van der Waals surface area contributed by atoms with Gasteiger partial charge in [-0.15, -0.1) is 0 Å². The van der Waals surface area contributed by atoms with E-state index in [1.165, 1.54) is 6.07 Å². The second kappa shape index (κ2) is 8.82. The van der Waals surface area contributed by atoms with Gasteiger partial charge in [0.05, 0.1) is 0 Å². The molecular formula is C20H19FN4O. The van der Waals surface area contributed by atoms with Crippen LogP contribution in [-0.4, -0.2) is 15.9 Å². The molecule has 0 spiro atoms. The molecule has 0 bridgehead atoms. The van der Waals surface area contributed by atoms with E-state index < -0.39 is 11.9 Å². The van der Waals surface area contributed by atoms with Crippen molar-refractivity contribution in [1.82, 2.24) is 20.6 Å². The number of aromatic nitrogens is 2. The fourth-order valence-electron chi connectivity index (χ4n) is 2.57. The SMILES string of the molecule is O=C(NCc1cccnc1)C(NCc1ccncc1)c1ccccc1F. The van der Waals surface area contributed by atoms with E-state index >= 15 is 0 Å². The van der Waals surface area contributed by atoms with Crippen molar-refractivity contribution in [3.63, 3.8) is 0 Å². The Morgan fingerprint density at radius 3 is 2.46 bits per heavy atom. The van der Waals surface area contributed by atoms with Crippen molar-refractivity contribution >= 4 is 5.91 Å². The van der Waals surface area contributed by atoms with E-state index in [1.807, 2.05) is 18.2 Å². The average molecular weight is 350 g/mol. The van der Waals surface area contributed by atoms with Crippen molar-refractivity contribution in [1.29, 1.82) is 0 Å². The highest BCUT2D eigenvalue weighted by Crippen LogP contribution is 2.18. The van der Waals surface area contributed by atoms with Crippen LogP contribution in [0.2, 0.25) is 0 Å². The molecule has 0 saturated heterocycles. The minimum Gasteiger partial charge on any atom is -0.350 e. The summed E-state index contributed by atoms with van der Waals surface area (Å²) < 4.78 is 14.2. The fraction of sp³-hybridized carbons (Fsp3) is 0.150. The predicted molar refractivity (Wildman–Crippen MR) is 96.3 cm³/mol. The molecule has 0 aliphatic heterocycles. The Morgan fingerprint density at radius 1 is 0.923 bits per heavy atom. The molecule has 2 aromatic heterocycles. The lowest BCUT2D eigenvalue weighted by Crippen LogP contribution is -2.37. The third-order valence-corrected chi connectivity index (χ3v) is 3.93. The van der Waals surface area contributed by atoms with Crippen LogP contribution in [0.1, 0.15) is 22.7 Å². The molecule has 2 heterocycles. The normalized spacial score (nSPS) is 11.7. The van der Waals surface area contributed by atoms with Crippen molar-refractivity contribution in [3.05, 3.63) is 95.8 Å². The number of pyridine rings is 2. The molecule has 5 nitrogen and oxygen atoms in total. The topological polar surface area (TPSA) is 66.9 Å². The van der Waals surface area contributed by atoms with Crippen LogP contribution in [0.3, 0.4) is 0 Å². The maximum Gasteiger partial charge on any atom is 0.242 e. The maximum absolute atomic E-state index is 14.2. The molecule has 1 unspecified atom stereocenters. The zero-order valence-electron chi connectivity index (χ0n) is 14.1. The first-order valence-electron chi connectivity index (χ1n) is 8.27. The lowest BCUT2D eigenvalue weighted by Gasteiger charge is -2.19. The summed E-state index contributed by atoms with van der Waals surface area (Å²) in [6, 6.07) is 12.8. The van der Waals surface area contributed by atoms with E-state index in [1.54, 1.807) is 49.1 Å². The first kappa shape index (κ1) is 17.7. The van der Waals surface area contributed by atoms with Gasteiger partial charge in [0.15, 0.2) is 0 Å². The zero-order valence-corrected chi connectivity index (χ0v) is 14.1. The Kier molecular flexibility index (Phi) is 6.01. The van der Waals surface area contributed by atoms with Crippen LogP contribution < -0.4 is 10.6 Å². The van der Waals surface area contributed by atoms with E-state index in [0.717, 1.165) is 11.1 Å². The van der Waals surface area contributed by atoms with Crippen LogP contribution in [0.25, 0.3) is 0 Å². The standard InChI is InChI=1S/C20H19FN4O/c21-18-6-2-1-5-17(18)19(24-13-15-7-10-22-11-8-15)20(26)25-14-16-4-3-9-23-12-16/h1-12,19,24H,13-14H2,(H,25,26). The van der Waals surface area contributed by atoms with Crippen LogP contribution in [0.5, 0.6) is 0 Å². The van der Waals surface area contributed by atoms with Crippen LogP contribution in [0.15, 0.2) is 73.3 Å². The number of nitrogens with one attached hydrogen (secondary N) is 2. The average Bonchev–Trinajstić information content (AvgIpc) is 2.69. The molecule has 1 aromatic carbocycles. The largest absolute Gasteiger partial charge is 0.350 e. The van der Waals surface area contributed by atoms with Gasteiger partial charge in [-0.1, -0.05) is 24.3 Å². The number of halogens is 1. The van der Waals surface area contributed by atoms with Gasteiger partial charge in [-0.05, 0) is 35.4 Å². The predicted octanol–water partition coefficient (Wildman–Crippen LogP) is 2.76. The Hall–Kier alpha value is -3.12. The summed E-state index contributed by atoms with van der Waals surface area (Å²) in [6.07, 6.45) is 6.71. The number of hydrogen-bond donors (Lipinski definition) is 2. The minimum absolute atomic E-state index is 0.298. The van der Waals surface area contributed by atoms with Gasteiger partial charge >= 0.3 is 0 Å². The van der Waals surface area contributed by atoms with E-state index in [9.17, 15) is 9.18 Å². The van der Waals surface area contributed by atoms with Gasteiger partial charge in [0.1, 0.15) is 11.9 Å². The summed E-state index contributed by atoms with van der Waals surface area (Å²) >= 11 is 0. The summed E-state index contributed by atoms with van der Waals surface area (Å²) in [7, 11) is 0. The van der Waals surface area contributed by atoms with E-state index in [-0.39, 0.29) is 5.91 Å². The highest BCUT2D eigenvalue weighted by molar-refractivity contribution is 5.83. The minimum atomic E-state index is -0.805. The number of carbonyl (C=O) groups is 1. The van der Waals surface area contributed by atoms with Crippen LogP contribution in [0.4, 0.5) is 4.39 Å². The fourth-order valence-corrected chi connectivity index (χ4v) is 2.57. The maximum atomic E-state index is 14.2. The number of carbonyl (C=O) groups excluding carboxylic acids is 1. The Bertz CT molecular complexity index is 843. The number of rotatable bonds is 7. The smallest absolute Gasteiger partial charge is 0.242 e. The zero-order chi connectivity index (χ0) is 18.2. The summed E-state index contributed by atoms with van der Waals surface area (Å²) in [4.78, 5) is 20.7. The highest BCUT2D eigenvalue weighted by atomic mass is 19.1. The Morgan fingerprint density at radius 2 is 1.73 bits per heavy atom. The highest BCUT2D eigenvalue weighted by Gasteiger charge is 2.22. The third-order valence-electron chi connectivity index (χ3n) is 3.93. The molecular weight excluding hydrogens is 331 g/mol. The van der Waals surface area contributed by atoms with Crippen molar-refractivity contribution in [2.75, 3.05) is 0 Å². The summed E-state index contributed by atoms with van der Waals surface area (Å²) in [5.41, 5.74) is 2.15. The molecule has 26 heavy (non-hydrogen) atoms. The lowest BCUT2D eigenvalue weighted by molar-refractivity contribution is -0.123. The van der Waals surface area contributed by atoms with Gasteiger partial charge in [0.2, 0.25) is 5.91 Å². The first-order valence-corrected chi connectivity index (χ1v) is 8.27. The van der Waals surface area contributed by atoms with Crippen LogP contribution in [-0.2, 0) is 17.9 Å². The molecule has 1 amide bonds. The van der Waals surface area contributed by atoms with Crippen LogP contribution in [0, 0.1) is 5.82 Å². The number of hydrogen-bond acceptors (Lipinski definition) is 4. The Balaban J connectivity index is 1.73. The summed E-state index contributed by atoms with van der Waals surface area (Å²) in [5, 5.41) is 5.97. The monoisotopic (exact) mass is 350 g/mol. The molecule has 1 atom stereocenters. The van der Waals surface area contributed by atoms with Gasteiger partial charge in [0.25, 0.3) is 0 Å². The van der Waals surface area contributed by atoms with E-state index in [0.29, 0.717) is 18.7 Å². The second-order valence-corrected chi connectivity index (χ2v) is 5.77. The van der Waals surface area contributed by atoms with Gasteiger partial charge in [-0.2, -0.15) is 0 Å². The molecule has 0 aliphatic carbocycles. The van der Waals surface area contributed by atoms with Crippen molar-refractivity contribution in [2.24, 2.45) is 0 Å². The molecule has 0 radical (unpaired) electrons. The number of nitrogens with zero attached hydrogens (tertiary/aromatic N) is 2. The summed E-state index contributed by atoms with van der Waals surface area (Å²) in [5.74, 6) is -0.718. The van der Waals surface area contributed by atoms with Gasteiger partial charge < -0.3 is 5.32 Å².